The third-order valence-corrected chi connectivity index (χ3v) is 4.45. The van der Waals surface area contributed by atoms with Crippen LogP contribution < -0.4 is 0 Å². The van der Waals surface area contributed by atoms with Crippen LogP contribution in [0.25, 0.3) is 0 Å². The van der Waals surface area contributed by atoms with Gasteiger partial charge >= 0.3 is 5.97 Å². The molecule has 0 bridgehead atoms. The molecular weight excluding hydrogens is 296 g/mol. The molecule has 0 radical (unpaired) electrons. The Morgan fingerprint density at radius 3 is 2.35 bits per heavy atom. The van der Waals surface area contributed by atoms with Crippen molar-refractivity contribution in [3.05, 3.63) is 0 Å². The van der Waals surface area contributed by atoms with Gasteiger partial charge in [0.15, 0.2) is 0 Å². The third-order valence-electron chi connectivity index (χ3n) is 4.45. The molecule has 1 fully saturated rings. The second kappa shape index (κ2) is 9.88. The van der Waals surface area contributed by atoms with Crippen LogP contribution in [0.5, 0.6) is 0 Å². The smallest absolute Gasteiger partial charge is 0.317 e. The van der Waals surface area contributed by atoms with Crippen molar-refractivity contribution in [1.29, 1.82) is 0 Å². The first-order chi connectivity index (χ1) is 10.8. The Labute approximate surface area is 139 Å². The predicted octanol–water partition coefficient (Wildman–Crippen LogP) is 1.84. The van der Waals surface area contributed by atoms with Crippen LogP contribution in [0, 0.1) is 5.92 Å². The van der Waals surface area contributed by atoms with E-state index in [1.807, 2.05) is 23.6 Å². The number of nitrogens with zero attached hydrogens (tertiary/aromatic N) is 2. The van der Waals surface area contributed by atoms with Gasteiger partial charge in [0.25, 0.3) is 5.91 Å². The van der Waals surface area contributed by atoms with Crippen LogP contribution in [0.2, 0.25) is 0 Å². The van der Waals surface area contributed by atoms with E-state index in [1.165, 1.54) is 0 Å². The van der Waals surface area contributed by atoms with Gasteiger partial charge in [-0.15, -0.1) is 0 Å². The number of rotatable bonds is 9. The van der Waals surface area contributed by atoms with Gasteiger partial charge in [-0.1, -0.05) is 20.8 Å². The average Bonchev–Trinajstić information content (AvgIpc) is 2.51. The number of likely N-dealkylation sites (tertiary alicyclic amines) is 1. The number of carboxylic acid groups (broad SMARTS) is 1. The highest BCUT2D eigenvalue weighted by atomic mass is 16.5. The zero-order valence-electron chi connectivity index (χ0n) is 15.0. The monoisotopic (exact) mass is 328 g/mol. The molecule has 1 amide bonds. The number of amides is 1. The van der Waals surface area contributed by atoms with Crippen LogP contribution in [0.3, 0.4) is 0 Å². The lowest BCUT2D eigenvalue weighted by Crippen LogP contribution is -2.50. The van der Waals surface area contributed by atoms with Crippen molar-refractivity contribution in [2.24, 2.45) is 5.92 Å². The number of likely N-dealkylation sites (N-methyl/N-ethyl adjacent to an activating group) is 1. The minimum atomic E-state index is -0.794. The van der Waals surface area contributed by atoms with Crippen molar-refractivity contribution >= 4 is 11.9 Å². The average molecular weight is 328 g/mol. The van der Waals surface area contributed by atoms with Crippen LogP contribution in [-0.4, -0.2) is 71.7 Å². The summed E-state index contributed by atoms with van der Waals surface area (Å²) in [4.78, 5) is 27.1. The highest BCUT2D eigenvalue weighted by Gasteiger charge is 2.29. The molecule has 1 unspecified atom stereocenters. The molecule has 1 aliphatic heterocycles. The Kier molecular flexibility index (Phi) is 8.55. The molecule has 0 aromatic carbocycles. The first kappa shape index (κ1) is 19.9. The minimum Gasteiger partial charge on any atom is -0.480 e. The standard InChI is InChI=1S/C17H32N2O4/c1-5-18(12-16(20)21)15-6-9-19(10-7-15)17(22)14(4)23-11-8-13(2)3/h13-15H,5-12H2,1-4H3,(H,20,21). The van der Waals surface area contributed by atoms with E-state index in [-0.39, 0.29) is 18.5 Å². The zero-order valence-corrected chi connectivity index (χ0v) is 15.0. The van der Waals surface area contributed by atoms with Crippen LogP contribution in [-0.2, 0) is 14.3 Å². The Morgan fingerprint density at radius 1 is 1.26 bits per heavy atom. The predicted molar refractivity (Wildman–Crippen MR) is 89.4 cm³/mol. The van der Waals surface area contributed by atoms with Gasteiger partial charge in [0, 0.05) is 25.7 Å². The van der Waals surface area contributed by atoms with E-state index in [2.05, 4.69) is 13.8 Å². The Hall–Kier alpha value is -1.14. The van der Waals surface area contributed by atoms with Gasteiger partial charge in [-0.25, -0.2) is 0 Å². The molecule has 1 heterocycles. The van der Waals surface area contributed by atoms with Crippen LogP contribution in [0.15, 0.2) is 0 Å². The number of hydrogen-bond acceptors (Lipinski definition) is 4. The Bertz CT molecular complexity index is 379. The molecule has 0 aromatic heterocycles. The maximum absolute atomic E-state index is 12.4. The highest BCUT2D eigenvalue weighted by molar-refractivity contribution is 5.80. The summed E-state index contributed by atoms with van der Waals surface area (Å²) in [7, 11) is 0. The summed E-state index contributed by atoms with van der Waals surface area (Å²) >= 11 is 0. The number of aliphatic carboxylic acids is 1. The first-order valence-electron chi connectivity index (χ1n) is 8.71. The van der Waals surface area contributed by atoms with Gasteiger partial charge in [0.05, 0.1) is 6.54 Å². The van der Waals surface area contributed by atoms with Crippen molar-refractivity contribution in [3.8, 4) is 0 Å². The number of carboxylic acids is 1. The number of hydrogen-bond donors (Lipinski definition) is 1. The topological polar surface area (TPSA) is 70.1 Å². The number of ether oxygens (including phenoxy) is 1. The second-order valence-electron chi connectivity index (χ2n) is 6.71. The normalized spacial score (nSPS) is 17.7. The Morgan fingerprint density at radius 2 is 1.87 bits per heavy atom. The van der Waals surface area contributed by atoms with Gasteiger partial charge in [0.1, 0.15) is 6.10 Å². The summed E-state index contributed by atoms with van der Waals surface area (Å²) in [5.41, 5.74) is 0. The maximum Gasteiger partial charge on any atom is 0.317 e. The van der Waals surface area contributed by atoms with Gasteiger partial charge in [-0.2, -0.15) is 0 Å². The minimum absolute atomic E-state index is 0.0495. The maximum atomic E-state index is 12.4. The van der Waals surface area contributed by atoms with Crippen LogP contribution >= 0.6 is 0 Å². The Balaban J connectivity index is 2.39. The molecule has 1 N–H and O–H groups in total. The highest BCUT2D eigenvalue weighted by Crippen LogP contribution is 2.17. The molecule has 6 heteroatoms. The second-order valence-corrected chi connectivity index (χ2v) is 6.71. The molecule has 1 rings (SSSR count). The molecule has 0 saturated carbocycles. The van der Waals surface area contributed by atoms with Crippen LogP contribution in [0.4, 0.5) is 0 Å². The summed E-state index contributed by atoms with van der Waals surface area (Å²) in [5, 5.41) is 8.96. The van der Waals surface area contributed by atoms with Gasteiger partial charge in [0.2, 0.25) is 0 Å². The summed E-state index contributed by atoms with van der Waals surface area (Å²) < 4.78 is 5.64. The molecular formula is C17H32N2O4. The van der Waals surface area contributed by atoms with E-state index in [0.29, 0.717) is 25.6 Å². The van der Waals surface area contributed by atoms with Crippen molar-refractivity contribution in [3.63, 3.8) is 0 Å². The van der Waals surface area contributed by atoms with Crippen molar-refractivity contribution in [1.82, 2.24) is 9.80 Å². The first-order valence-corrected chi connectivity index (χ1v) is 8.71. The fourth-order valence-electron chi connectivity index (χ4n) is 2.93. The van der Waals surface area contributed by atoms with Crippen LogP contribution in [0.1, 0.15) is 47.0 Å². The molecule has 1 saturated heterocycles. The molecule has 0 spiro atoms. The SMILES string of the molecule is CCN(CC(=O)O)C1CCN(C(=O)C(C)OCCC(C)C)CC1. The van der Waals surface area contributed by atoms with E-state index in [4.69, 9.17) is 9.84 Å². The van der Waals surface area contributed by atoms with E-state index in [0.717, 1.165) is 25.8 Å². The molecule has 134 valence electrons. The molecule has 0 aliphatic carbocycles. The molecule has 0 aromatic rings. The van der Waals surface area contributed by atoms with Gasteiger partial charge in [-0.05, 0) is 38.6 Å². The lowest BCUT2D eigenvalue weighted by molar-refractivity contribution is -0.145. The lowest BCUT2D eigenvalue weighted by atomic mass is 10.0. The molecule has 23 heavy (non-hydrogen) atoms. The van der Waals surface area contributed by atoms with Crippen molar-refractivity contribution in [2.75, 3.05) is 32.8 Å². The summed E-state index contributed by atoms with van der Waals surface area (Å²) in [6.07, 6.45) is 2.21. The molecule has 1 aliphatic rings. The number of carbonyl (C=O) groups excluding carboxylic acids is 1. The van der Waals surface area contributed by atoms with E-state index < -0.39 is 12.1 Å². The van der Waals surface area contributed by atoms with Crippen molar-refractivity contribution in [2.45, 2.75) is 59.1 Å². The number of piperidine rings is 1. The number of carbonyl (C=O) groups is 2. The summed E-state index contributed by atoms with van der Waals surface area (Å²) in [5.74, 6) is -0.173. The summed E-state index contributed by atoms with van der Waals surface area (Å²) in [6.45, 7) is 10.8. The van der Waals surface area contributed by atoms with E-state index in [1.54, 1.807) is 0 Å². The molecule has 6 nitrogen and oxygen atoms in total. The molecule has 1 atom stereocenters. The third kappa shape index (κ3) is 6.87. The summed E-state index contributed by atoms with van der Waals surface area (Å²) in [6, 6.07) is 0.248. The lowest BCUT2D eigenvalue weighted by Gasteiger charge is -2.38. The fraction of sp³-hybridized carbons (Fsp3) is 0.882. The zero-order chi connectivity index (χ0) is 17.4. The van der Waals surface area contributed by atoms with E-state index >= 15 is 0 Å². The van der Waals surface area contributed by atoms with Crippen molar-refractivity contribution < 1.29 is 19.4 Å². The quantitative estimate of drug-likeness (QED) is 0.699. The van der Waals surface area contributed by atoms with Gasteiger partial charge < -0.3 is 14.7 Å². The largest absolute Gasteiger partial charge is 0.480 e. The van der Waals surface area contributed by atoms with Gasteiger partial charge in [-0.3, -0.25) is 14.5 Å². The van der Waals surface area contributed by atoms with E-state index in [9.17, 15) is 9.59 Å². The fourth-order valence-corrected chi connectivity index (χ4v) is 2.93.